The summed E-state index contributed by atoms with van der Waals surface area (Å²) in [5.74, 6) is 0.291. The average molecular weight is 465 g/mol. The third-order valence-electron chi connectivity index (χ3n) is 5.96. The van der Waals surface area contributed by atoms with Crippen molar-refractivity contribution in [1.82, 2.24) is 10.2 Å². The van der Waals surface area contributed by atoms with E-state index in [1.54, 1.807) is 24.0 Å². The Balaban J connectivity index is 1.31. The zero-order chi connectivity index (χ0) is 22.7. The van der Waals surface area contributed by atoms with E-state index in [-0.39, 0.29) is 12.2 Å². The third-order valence-corrected chi connectivity index (χ3v) is 6.27. The Bertz CT molecular complexity index is 873. The molecule has 2 heterocycles. The molecule has 0 bridgehead atoms. The Labute approximate surface area is 192 Å². The first kappa shape index (κ1) is 22.6. The number of halogens is 1. The van der Waals surface area contributed by atoms with Crippen molar-refractivity contribution in [3.63, 3.8) is 0 Å². The van der Waals surface area contributed by atoms with E-state index in [1.807, 2.05) is 4.90 Å². The fraction of sp³-hybridized carbons (Fsp3) is 0.591. The van der Waals surface area contributed by atoms with Crippen molar-refractivity contribution in [3.8, 4) is 0 Å². The monoisotopic (exact) mass is 464 g/mol. The van der Waals surface area contributed by atoms with E-state index in [2.05, 4.69) is 5.32 Å². The van der Waals surface area contributed by atoms with Crippen LogP contribution in [0.2, 0.25) is 0 Å². The molecule has 1 aliphatic carbocycles. The molecule has 0 radical (unpaired) electrons. The molecule has 32 heavy (non-hydrogen) atoms. The third kappa shape index (κ3) is 5.40. The number of thiocarbonyl (C=S) groups is 1. The number of carbonyl (C=O) groups excluding carboxylic acids is 2. The number of anilines is 2. The number of nitrogens with one attached hydrogen (secondary N) is 1. The molecule has 1 aromatic carbocycles. The van der Waals surface area contributed by atoms with E-state index in [4.69, 9.17) is 21.7 Å². The lowest BCUT2D eigenvalue weighted by atomic mass is 10.2. The van der Waals surface area contributed by atoms with E-state index >= 15 is 0 Å². The van der Waals surface area contributed by atoms with Gasteiger partial charge >= 0.3 is 12.2 Å². The maximum Gasteiger partial charge on any atom is 0.414 e. The molecule has 1 atom stereocenters. The van der Waals surface area contributed by atoms with Crippen LogP contribution < -0.4 is 15.1 Å². The number of hydrogen-bond acceptors (Lipinski definition) is 6. The second-order valence-corrected chi connectivity index (χ2v) is 8.87. The van der Waals surface area contributed by atoms with Crippen LogP contribution in [0.3, 0.4) is 0 Å². The van der Waals surface area contributed by atoms with E-state index in [9.17, 15) is 14.0 Å². The molecule has 0 spiro atoms. The first-order valence-electron chi connectivity index (χ1n) is 11.2. The van der Waals surface area contributed by atoms with Crippen LogP contribution in [-0.4, -0.2) is 74.1 Å². The second kappa shape index (κ2) is 9.89. The Morgan fingerprint density at radius 3 is 2.69 bits per heavy atom. The Morgan fingerprint density at radius 1 is 1.28 bits per heavy atom. The van der Waals surface area contributed by atoms with Crippen molar-refractivity contribution in [2.75, 3.05) is 55.7 Å². The maximum atomic E-state index is 14.9. The lowest BCUT2D eigenvalue weighted by Crippen LogP contribution is -2.49. The van der Waals surface area contributed by atoms with Gasteiger partial charge in [-0.1, -0.05) is 12.2 Å². The van der Waals surface area contributed by atoms with Gasteiger partial charge in [-0.2, -0.15) is 0 Å². The molecule has 8 nitrogen and oxygen atoms in total. The van der Waals surface area contributed by atoms with Gasteiger partial charge in [-0.05, 0) is 43.9 Å². The summed E-state index contributed by atoms with van der Waals surface area (Å²) in [5, 5.41) is 3.18. The van der Waals surface area contributed by atoms with Crippen molar-refractivity contribution in [3.05, 3.63) is 24.0 Å². The summed E-state index contributed by atoms with van der Waals surface area (Å²) in [7, 11) is 0. The van der Waals surface area contributed by atoms with Crippen LogP contribution >= 0.6 is 12.2 Å². The number of nitrogens with zero attached hydrogens (tertiary/aromatic N) is 3. The Kier molecular flexibility index (Phi) is 6.98. The first-order chi connectivity index (χ1) is 15.4. The summed E-state index contributed by atoms with van der Waals surface area (Å²) in [6.45, 7) is 4.85. The smallest absolute Gasteiger partial charge is 0.414 e. The zero-order valence-corrected chi connectivity index (χ0v) is 19.0. The number of cyclic esters (lactones) is 1. The quantitative estimate of drug-likeness (QED) is 0.622. The highest BCUT2D eigenvalue weighted by molar-refractivity contribution is 7.80. The summed E-state index contributed by atoms with van der Waals surface area (Å²) in [4.78, 5) is 29.9. The van der Waals surface area contributed by atoms with Crippen molar-refractivity contribution in [1.29, 1.82) is 0 Å². The summed E-state index contributed by atoms with van der Waals surface area (Å²) in [6, 6.07) is 4.76. The number of rotatable bonds is 7. The fourth-order valence-electron chi connectivity index (χ4n) is 3.99. The fourth-order valence-corrected chi connectivity index (χ4v) is 4.31. The van der Waals surface area contributed by atoms with Crippen molar-refractivity contribution in [2.45, 2.75) is 32.3 Å². The molecule has 10 heteroatoms. The van der Waals surface area contributed by atoms with Crippen LogP contribution in [0.15, 0.2) is 18.2 Å². The number of ether oxygens (including phenoxy) is 2. The summed E-state index contributed by atoms with van der Waals surface area (Å²) in [5.41, 5.74) is 0.915. The summed E-state index contributed by atoms with van der Waals surface area (Å²) in [6.07, 6.45) is 2.19. The van der Waals surface area contributed by atoms with Gasteiger partial charge in [0.05, 0.1) is 36.1 Å². The summed E-state index contributed by atoms with van der Waals surface area (Å²) < 4.78 is 25.4. The lowest BCUT2D eigenvalue weighted by molar-refractivity contribution is 0.105. The van der Waals surface area contributed by atoms with Gasteiger partial charge in [-0.25, -0.2) is 14.0 Å². The highest BCUT2D eigenvalue weighted by Crippen LogP contribution is 2.32. The van der Waals surface area contributed by atoms with Crippen LogP contribution in [0.4, 0.5) is 25.4 Å². The van der Waals surface area contributed by atoms with E-state index in [0.29, 0.717) is 63.2 Å². The molecule has 1 saturated carbocycles. The predicted molar refractivity (Wildman–Crippen MR) is 123 cm³/mol. The minimum absolute atomic E-state index is 0.331. The van der Waals surface area contributed by atoms with Gasteiger partial charge in [-0.3, -0.25) is 4.90 Å². The van der Waals surface area contributed by atoms with Crippen LogP contribution in [0.1, 0.15) is 26.2 Å². The van der Waals surface area contributed by atoms with Gasteiger partial charge in [0, 0.05) is 32.6 Å². The van der Waals surface area contributed by atoms with Crippen LogP contribution in [0.5, 0.6) is 0 Å². The molecule has 174 valence electrons. The minimum Gasteiger partial charge on any atom is -0.450 e. The van der Waals surface area contributed by atoms with Gasteiger partial charge in [-0.15, -0.1) is 0 Å². The number of piperazine rings is 1. The molecular formula is C22H29FN4O4S. The minimum atomic E-state index is -0.486. The van der Waals surface area contributed by atoms with E-state index in [1.165, 1.54) is 23.8 Å². The van der Waals surface area contributed by atoms with Gasteiger partial charge in [0.15, 0.2) is 0 Å². The molecular weight excluding hydrogens is 435 g/mol. The highest BCUT2D eigenvalue weighted by Gasteiger charge is 2.33. The van der Waals surface area contributed by atoms with Crippen molar-refractivity contribution >= 4 is 40.8 Å². The SMILES string of the molecule is CCOC(=O)N1CCN(c2ccc(N3C[C@H](CNC(=S)CC4CC4)OC3=O)cc2F)CC1. The van der Waals surface area contributed by atoms with E-state index in [0.717, 1.165) is 11.4 Å². The highest BCUT2D eigenvalue weighted by atomic mass is 32.1. The molecule has 1 N–H and O–H groups in total. The van der Waals surface area contributed by atoms with Gasteiger partial charge in [0.1, 0.15) is 11.9 Å². The topological polar surface area (TPSA) is 74.3 Å². The number of hydrogen-bond donors (Lipinski definition) is 1. The van der Waals surface area contributed by atoms with Crippen LogP contribution in [0.25, 0.3) is 0 Å². The molecule has 1 aromatic rings. The number of carbonyl (C=O) groups is 2. The zero-order valence-electron chi connectivity index (χ0n) is 18.2. The molecule has 3 fully saturated rings. The molecule has 0 unspecified atom stereocenters. The largest absolute Gasteiger partial charge is 0.450 e. The van der Waals surface area contributed by atoms with Gasteiger partial charge < -0.3 is 24.6 Å². The van der Waals surface area contributed by atoms with Crippen LogP contribution in [-0.2, 0) is 9.47 Å². The molecule has 4 rings (SSSR count). The maximum absolute atomic E-state index is 14.9. The molecule has 2 saturated heterocycles. The Morgan fingerprint density at radius 2 is 2.03 bits per heavy atom. The number of benzene rings is 1. The van der Waals surface area contributed by atoms with Gasteiger partial charge in [0.25, 0.3) is 0 Å². The second-order valence-electron chi connectivity index (χ2n) is 8.38. The number of amides is 2. The molecule has 2 aliphatic heterocycles. The van der Waals surface area contributed by atoms with Crippen LogP contribution in [0, 0.1) is 11.7 Å². The molecule has 3 aliphatic rings. The van der Waals surface area contributed by atoms with Crippen molar-refractivity contribution in [2.24, 2.45) is 5.92 Å². The Hall–Kier alpha value is -2.62. The normalized spacial score (nSPS) is 20.9. The molecule has 0 aromatic heterocycles. The molecule has 2 amide bonds. The van der Waals surface area contributed by atoms with Crippen molar-refractivity contribution < 1.29 is 23.5 Å². The predicted octanol–water partition coefficient (Wildman–Crippen LogP) is 3.15. The van der Waals surface area contributed by atoms with E-state index < -0.39 is 11.9 Å². The first-order valence-corrected chi connectivity index (χ1v) is 11.6. The van der Waals surface area contributed by atoms with Gasteiger partial charge in [0.2, 0.25) is 0 Å². The average Bonchev–Trinajstić information content (AvgIpc) is 3.51. The lowest BCUT2D eigenvalue weighted by Gasteiger charge is -2.35. The summed E-state index contributed by atoms with van der Waals surface area (Å²) >= 11 is 5.34. The standard InChI is InChI=1S/C22H29FN4O4S/c1-2-30-21(28)26-9-7-25(8-10-26)19-6-5-16(12-18(19)23)27-14-17(31-22(27)29)13-24-20(32)11-15-3-4-15/h5-6,12,15,17H,2-4,7-11,13-14H2,1H3,(H,24,32)/t17-/m0/s1.